The average molecular weight is 305 g/mol. The maximum atomic E-state index is 13.2. The molecule has 1 unspecified atom stereocenters. The lowest BCUT2D eigenvalue weighted by atomic mass is 10.2. The molecule has 0 aliphatic carbocycles. The summed E-state index contributed by atoms with van der Waals surface area (Å²) < 4.78 is 47.3. The minimum absolute atomic E-state index is 0.0641. The Kier molecular flexibility index (Phi) is 6.40. The molecule has 112 valence electrons. The Balaban J connectivity index is 2.19. The number of rotatable bonds is 7. The zero-order valence-electron chi connectivity index (χ0n) is 10.7. The van der Waals surface area contributed by atoms with E-state index in [0.29, 0.717) is 0 Å². The van der Waals surface area contributed by atoms with Crippen molar-refractivity contribution in [1.82, 2.24) is 5.32 Å². The highest BCUT2D eigenvalue weighted by atomic mass is 32.2. The molecule has 0 aromatic heterocycles. The van der Waals surface area contributed by atoms with Crippen molar-refractivity contribution in [2.75, 3.05) is 12.3 Å². The van der Waals surface area contributed by atoms with Gasteiger partial charge in [0.25, 0.3) is 10.1 Å². The Morgan fingerprint density at radius 1 is 1.35 bits per heavy atom. The number of alkyl carbamates (subject to hydrolysis) is 1. The van der Waals surface area contributed by atoms with Crippen molar-refractivity contribution in [3.8, 4) is 0 Å². The maximum Gasteiger partial charge on any atom is 0.407 e. The molecule has 6 nitrogen and oxygen atoms in total. The second-order valence-electron chi connectivity index (χ2n) is 4.11. The lowest BCUT2D eigenvalue weighted by molar-refractivity contribution is 0.136. The van der Waals surface area contributed by atoms with E-state index in [-0.39, 0.29) is 13.2 Å². The molecule has 2 N–H and O–H groups in total. The zero-order chi connectivity index (χ0) is 15.0. The summed E-state index contributed by atoms with van der Waals surface area (Å²) in [5.41, 5.74) is 0.797. The summed E-state index contributed by atoms with van der Waals surface area (Å²) in [6.07, 6.45) is -2.75. The molecule has 0 spiro atoms. The Morgan fingerprint density at radius 2 is 2.00 bits per heavy atom. The molecule has 0 radical (unpaired) electrons. The van der Waals surface area contributed by atoms with E-state index < -0.39 is 34.6 Å². The van der Waals surface area contributed by atoms with E-state index in [1.807, 2.05) is 6.07 Å². The van der Waals surface area contributed by atoms with Gasteiger partial charge in [0.2, 0.25) is 0 Å². The second-order valence-corrected chi connectivity index (χ2v) is 5.69. The molecule has 0 saturated heterocycles. The quantitative estimate of drug-likeness (QED) is 0.745. The van der Waals surface area contributed by atoms with Crippen LogP contribution in [0.15, 0.2) is 30.3 Å². The first-order valence-electron chi connectivity index (χ1n) is 5.90. The summed E-state index contributed by atoms with van der Waals surface area (Å²) in [6, 6.07) is 8.97. The summed E-state index contributed by atoms with van der Waals surface area (Å²) in [7, 11) is -4.19. The predicted octanol–water partition coefficient (Wildman–Crippen LogP) is 1.53. The average Bonchev–Trinajstić information content (AvgIpc) is 2.41. The molecule has 1 aromatic carbocycles. The number of carbonyl (C=O) groups is 1. The van der Waals surface area contributed by atoms with Crippen molar-refractivity contribution in [3.63, 3.8) is 0 Å². The molecule has 1 amide bonds. The molecule has 0 bridgehead atoms. The lowest BCUT2D eigenvalue weighted by Crippen LogP contribution is -2.31. The first-order chi connectivity index (χ1) is 9.37. The third-order valence-electron chi connectivity index (χ3n) is 2.37. The molecule has 0 heterocycles. The first-order valence-corrected chi connectivity index (χ1v) is 7.51. The van der Waals surface area contributed by atoms with Gasteiger partial charge in [-0.1, -0.05) is 30.3 Å². The van der Waals surface area contributed by atoms with Gasteiger partial charge >= 0.3 is 6.09 Å². The van der Waals surface area contributed by atoms with Gasteiger partial charge in [-0.05, 0) is 12.0 Å². The molecular formula is C12H16FNO5S. The van der Waals surface area contributed by atoms with Crippen LogP contribution in [0.2, 0.25) is 0 Å². The number of ether oxygens (including phenoxy) is 1. The largest absolute Gasteiger partial charge is 0.445 e. The SMILES string of the molecule is O=C(NCC(F)CCS(=O)(=O)O)OCc1ccccc1. The number of nitrogens with one attached hydrogen (secondary N) is 1. The van der Waals surface area contributed by atoms with E-state index in [4.69, 9.17) is 9.29 Å². The second kappa shape index (κ2) is 7.81. The van der Waals surface area contributed by atoms with Gasteiger partial charge in [-0.2, -0.15) is 8.42 Å². The highest BCUT2D eigenvalue weighted by Gasteiger charge is 2.13. The Labute approximate surface area is 116 Å². The van der Waals surface area contributed by atoms with Crippen LogP contribution < -0.4 is 5.32 Å². The topological polar surface area (TPSA) is 92.7 Å². The molecule has 1 atom stereocenters. The van der Waals surface area contributed by atoms with Gasteiger partial charge in [0.05, 0.1) is 12.3 Å². The number of alkyl halides is 1. The monoisotopic (exact) mass is 305 g/mol. The summed E-state index contributed by atoms with van der Waals surface area (Å²) in [4.78, 5) is 11.3. The molecule has 8 heteroatoms. The Morgan fingerprint density at radius 3 is 2.60 bits per heavy atom. The van der Waals surface area contributed by atoms with Crippen molar-refractivity contribution < 1.29 is 26.9 Å². The van der Waals surface area contributed by atoms with Gasteiger partial charge in [-0.3, -0.25) is 4.55 Å². The smallest absolute Gasteiger partial charge is 0.407 e. The molecule has 1 rings (SSSR count). The van der Waals surface area contributed by atoms with Crippen LogP contribution in [0.5, 0.6) is 0 Å². The van der Waals surface area contributed by atoms with Crippen molar-refractivity contribution in [2.24, 2.45) is 0 Å². The van der Waals surface area contributed by atoms with E-state index in [1.165, 1.54) is 0 Å². The first kappa shape index (κ1) is 16.4. The van der Waals surface area contributed by atoms with E-state index in [1.54, 1.807) is 24.3 Å². The van der Waals surface area contributed by atoms with Crippen LogP contribution in [0, 0.1) is 0 Å². The summed E-state index contributed by atoms with van der Waals surface area (Å²) in [6.45, 7) is -0.308. The fourth-order valence-corrected chi connectivity index (χ4v) is 1.90. The van der Waals surface area contributed by atoms with E-state index in [2.05, 4.69) is 5.32 Å². The fourth-order valence-electron chi connectivity index (χ4n) is 1.35. The third-order valence-corrected chi connectivity index (χ3v) is 3.12. The highest BCUT2D eigenvalue weighted by Crippen LogP contribution is 2.02. The lowest BCUT2D eigenvalue weighted by Gasteiger charge is -2.09. The number of hydrogen-bond acceptors (Lipinski definition) is 4. The minimum atomic E-state index is -4.19. The molecular weight excluding hydrogens is 289 g/mol. The van der Waals surface area contributed by atoms with Gasteiger partial charge in [0.1, 0.15) is 12.8 Å². The Hall–Kier alpha value is -1.67. The van der Waals surface area contributed by atoms with Gasteiger partial charge < -0.3 is 10.1 Å². The standard InChI is InChI=1S/C12H16FNO5S/c13-11(6-7-20(16,17)18)8-14-12(15)19-9-10-4-2-1-3-5-10/h1-5,11H,6-9H2,(H,14,15)(H,16,17,18). The molecule has 1 aromatic rings. The van der Waals surface area contributed by atoms with Crippen LogP contribution in [0.25, 0.3) is 0 Å². The summed E-state index contributed by atoms with van der Waals surface area (Å²) in [5, 5.41) is 2.18. The number of benzene rings is 1. The van der Waals surface area contributed by atoms with Gasteiger partial charge in [0.15, 0.2) is 0 Å². The molecule has 0 aliphatic heterocycles. The van der Waals surface area contributed by atoms with Crippen molar-refractivity contribution >= 4 is 16.2 Å². The highest BCUT2D eigenvalue weighted by molar-refractivity contribution is 7.85. The number of hydrogen-bond donors (Lipinski definition) is 2. The van der Waals surface area contributed by atoms with Crippen LogP contribution in [0.4, 0.5) is 9.18 Å². The fraction of sp³-hybridized carbons (Fsp3) is 0.417. The van der Waals surface area contributed by atoms with E-state index in [9.17, 15) is 17.6 Å². The van der Waals surface area contributed by atoms with Crippen molar-refractivity contribution in [3.05, 3.63) is 35.9 Å². The minimum Gasteiger partial charge on any atom is -0.445 e. The summed E-state index contributed by atoms with van der Waals surface area (Å²) >= 11 is 0. The van der Waals surface area contributed by atoms with Crippen molar-refractivity contribution in [1.29, 1.82) is 0 Å². The Bertz CT molecular complexity index is 520. The number of amides is 1. The van der Waals surface area contributed by atoms with Gasteiger partial charge in [-0.25, -0.2) is 9.18 Å². The van der Waals surface area contributed by atoms with Gasteiger partial charge in [0, 0.05) is 0 Å². The number of halogens is 1. The van der Waals surface area contributed by atoms with Crippen LogP contribution in [-0.4, -0.2) is 37.5 Å². The normalized spacial score (nSPS) is 12.7. The molecule has 0 fully saturated rings. The molecule has 20 heavy (non-hydrogen) atoms. The molecule has 0 aliphatic rings. The summed E-state index contributed by atoms with van der Waals surface area (Å²) in [5.74, 6) is -0.686. The van der Waals surface area contributed by atoms with Gasteiger partial charge in [-0.15, -0.1) is 0 Å². The molecule has 0 saturated carbocycles. The van der Waals surface area contributed by atoms with Crippen LogP contribution >= 0.6 is 0 Å². The van der Waals surface area contributed by atoms with Crippen LogP contribution in [-0.2, 0) is 21.5 Å². The van der Waals surface area contributed by atoms with Crippen molar-refractivity contribution in [2.45, 2.75) is 19.2 Å². The van der Waals surface area contributed by atoms with Crippen LogP contribution in [0.1, 0.15) is 12.0 Å². The number of carbonyl (C=O) groups excluding carboxylic acids is 1. The van der Waals surface area contributed by atoms with E-state index in [0.717, 1.165) is 5.56 Å². The van der Waals surface area contributed by atoms with E-state index >= 15 is 0 Å². The third kappa shape index (κ3) is 7.70. The zero-order valence-corrected chi connectivity index (χ0v) is 11.5. The predicted molar refractivity (Wildman–Crippen MR) is 70.6 cm³/mol. The maximum absolute atomic E-state index is 13.2. The van der Waals surface area contributed by atoms with Crippen LogP contribution in [0.3, 0.4) is 0 Å².